The number of nitrogens with zero attached hydrogens (tertiary/aromatic N) is 4. The van der Waals surface area contributed by atoms with Gasteiger partial charge in [-0.15, -0.1) is 10.2 Å². The largest absolute Gasteiger partial charge is 0.396 e. The van der Waals surface area contributed by atoms with Gasteiger partial charge < -0.3 is 5.11 Å². The molecule has 2 aromatic heterocycles. The number of anilines is 1. The van der Waals surface area contributed by atoms with E-state index in [-0.39, 0.29) is 24.0 Å². The molecule has 2 N–H and O–H groups in total. The molecule has 134 valence electrons. The van der Waals surface area contributed by atoms with Crippen LogP contribution >= 0.6 is 23.1 Å². The van der Waals surface area contributed by atoms with Gasteiger partial charge in [0.1, 0.15) is 10.0 Å². The maximum atomic E-state index is 12.3. The van der Waals surface area contributed by atoms with Crippen molar-refractivity contribution in [3.8, 4) is 0 Å². The highest BCUT2D eigenvalue weighted by molar-refractivity contribution is 8.00. The number of hydrogen-bond acceptors (Lipinski definition) is 8. The molecule has 1 aliphatic carbocycles. The summed E-state index contributed by atoms with van der Waals surface area (Å²) in [7, 11) is 0. The van der Waals surface area contributed by atoms with Gasteiger partial charge >= 0.3 is 5.69 Å². The number of nitrogens with one attached hydrogen (secondary N) is 1. The van der Waals surface area contributed by atoms with Crippen LogP contribution in [-0.2, 0) is 24.2 Å². The first-order chi connectivity index (χ1) is 12.1. The van der Waals surface area contributed by atoms with Gasteiger partial charge in [0.25, 0.3) is 0 Å². The molecule has 3 rings (SSSR count). The molecule has 0 unspecified atom stereocenters. The zero-order valence-corrected chi connectivity index (χ0v) is 15.5. The average molecular weight is 381 g/mol. The van der Waals surface area contributed by atoms with Gasteiger partial charge in [0.05, 0.1) is 5.75 Å². The van der Waals surface area contributed by atoms with Crippen LogP contribution in [0.25, 0.3) is 0 Å². The molecule has 8 nitrogen and oxygen atoms in total. The van der Waals surface area contributed by atoms with E-state index < -0.39 is 0 Å². The number of aromatic nitrogens is 4. The third-order valence-corrected chi connectivity index (χ3v) is 5.62. The predicted octanol–water partition coefficient (Wildman–Crippen LogP) is 1.01. The maximum absolute atomic E-state index is 12.3. The van der Waals surface area contributed by atoms with Crippen molar-refractivity contribution >= 4 is 34.1 Å². The van der Waals surface area contributed by atoms with Crippen molar-refractivity contribution in [1.82, 2.24) is 19.7 Å². The molecule has 25 heavy (non-hydrogen) atoms. The summed E-state index contributed by atoms with van der Waals surface area (Å²) in [6, 6.07) is 0. The van der Waals surface area contributed by atoms with Crippen molar-refractivity contribution in [1.29, 1.82) is 0 Å². The highest BCUT2D eigenvalue weighted by Crippen LogP contribution is 2.29. The molecule has 0 saturated heterocycles. The second-order valence-corrected chi connectivity index (χ2v) is 7.82. The molecule has 0 radical (unpaired) electrons. The molecular formula is C15H19N5O3S2. The minimum atomic E-state index is -0.309. The van der Waals surface area contributed by atoms with Gasteiger partial charge in [-0.2, -0.15) is 4.98 Å². The number of fused-ring (bicyclic) bond motifs is 1. The van der Waals surface area contributed by atoms with E-state index in [1.165, 1.54) is 23.1 Å². The second-order valence-electron chi connectivity index (χ2n) is 5.67. The number of carbonyl (C=O) groups excluding carboxylic acids is 1. The first-order valence-corrected chi connectivity index (χ1v) is 9.85. The Bertz CT molecular complexity index is 833. The second kappa shape index (κ2) is 8.07. The van der Waals surface area contributed by atoms with Crippen LogP contribution in [0, 0.1) is 6.92 Å². The quantitative estimate of drug-likeness (QED) is 0.544. The molecule has 2 heterocycles. The van der Waals surface area contributed by atoms with Crippen LogP contribution in [0.2, 0.25) is 0 Å². The first-order valence-electron chi connectivity index (χ1n) is 8.04. The number of aliphatic hydroxyl groups is 1. The van der Waals surface area contributed by atoms with Crippen LogP contribution in [0.1, 0.15) is 29.1 Å². The molecule has 1 amide bonds. The van der Waals surface area contributed by atoms with Crippen LogP contribution in [0.5, 0.6) is 0 Å². The van der Waals surface area contributed by atoms with E-state index in [1.54, 1.807) is 4.57 Å². The van der Waals surface area contributed by atoms with E-state index in [2.05, 4.69) is 20.5 Å². The van der Waals surface area contributed by atoms with Crippen molar-refractivity contribution in [2.24, 2.45) is 0 Å². The highest BCUT2D eigenvalue weighted by Gasteiger charge is 2.22. The number of aliphatic hydroxyl groups excluding tert-OH is 1. The van der Waals surface area contributed by atoms with Crippen molar-refractivity contribution in [3.05, 3.63) is 26.7 Å². The van der Waals surface area contributed by atoms with E-state index in [9.17, 15) is 9.59 Å². The molecule has 0 aliphatic heterocycles. The van der Waals surface area contributed by atoms with Crippen molar-refractivity contribution in [2.45, 2.75) is 44.2 Å². The standard InChI is InChI=1S/C15H19N5O3S2/c1-9-18-19-14(25-9)16-12(22)8-24-13-10-4-2-5-11(10)20(6-3-7-21)15(23)17-13/h21H,2-8H2,1H3,(H,16,19,22). The van der Waals surface area contributed by atoms with Gasteiger partial charge in [0, 0.05) is 24.4 Å². The molecule has 2 aromatic rings. The molecule has 0 fully saturated rings. The lowest BCUT2D eigenvalue weighted by Crippen LogP contribution is -2.28. The van der Waals surface area contributed by atoms with E-state index in [4.69, 9.17) is 5.11 Å². The minimum absolute atomic E-state index is 0.0446. The first kappa shape index (κ1) is 18.0. The Morgan fingerprint density at radius 1 is 1.40 bits per heavy atom. The Balaban J connectivity index is 1.70. The monoisotopic (exact) mass is 381 g/mol. The molecule has 0 saturated carbocycles. The third kappa shape index (κ3) is 4.25. The Morgan fingerprint density at radius 3 is 2.96 bits per heavy atom. The van der Waals surface area contributed by atoms with Gasteiger partial charge in [-0.1, -0.05) is 23.1 Å². The predicted molar refractivity (Wildman–Crippen MR) is 96.2 cm³/mol. The molecule has 0 bridgehead atoms. The molecule has 1 aliphatic rings. The Labute approximate surface area is 152 Å². The Morgan fingerprint density at radius 2 is 2.24 bits per heavy atom. The number of aryl methyl sites for hydroxylation is 1. The summed E-state index contributed by atoms with van der Waals surface area (Å²) in [6.45, 7) is 2.34. The third-order valence-electron chi connectivity index (χ3n) is 3.85. The fraction of sp³-hybridized carbons (Fsp3) is 0.533. The van der Waals surface area contributed by atoms with Crippen LogP contribution in [0.15, 0.2) is 9.82 Å². The van der Waals surface area contributed by atoms with E-state index in [0.29, 0.717) is 23.1 Å². The van der Waals surface area contributed by atoms with Crippen LogP contribution in [-0.4, -0.2) is 43.1 Å². The van der Waals surface area contributed by atoms with Gasteiger partial charge in [0.15, 0.2) is 0 Å². The minimum Gasteiger partial charge on any atom is -0.396 e. The van der Waals surface area contributed by atoms with Crippen LogP contribution < -0.4 is 11.0 Å². The zero-order valence-electron chi connectivity index (χ0n) is 13.8. The van der Waals surface area contributed by atoms with E-state index >= 15 is 0 Å². The van der Waals surface area contributed by atoms with Gasteiger partial charge in [0.2, 0.25) is 11.0 Å². The maximum Gasteiger partial charge on any atom is 0.348 e. The molecule has 0 aromatic carbocycles. The number of hydrogen-bond donors (Lipinski definition) is 2. The molecule has 0 spiro atoms. The van der Waals surface area contributed by atoms with Gasteiger partial charge in [-0.25, -0.2) is 4.79 Å². The van der Waals surface area contributed by atoms with Crippen molar-refractivity contribution in [2.75, 3.05) is 17.7 Å². The van der Waals surface area contributed by atoms with E-state index in [1.807, 2.05) is 6.92 Å². The normalized spacial score (nSPS) is 13.0. The summed E-state index contributed by atoms with van der Waals surface area (Å²) in [5, 5.41) is 21.3. The lowest BCUT2D eigenvalue weighted by atomic mass is 10.2. The van der Waals surface area contributed by atoms with Crippen molar-refractivity contribution in [3.63, 3.8) is 0 Å². The number of thioether (sulfide) groups is 1. The highest BCUT2D eigenvalue weighted by atomic mass is 32.2. The molecule has 0 atom stereocenters. The lowest BCUT2D eigenvalue weighted by Gasteiger charge is -2.13. The molecular weight excluding hydrogens is 362 g/mol. The topological polar surface area (TPSA) is 110 Å². The fourth-order valence-corrected chi connectivity index (χ4v) is 4.29. The van der Waals surface area contributed by atoms with Gasteiger partial charge in [-0.05, 0) is 32.6 Å². The Hall–Kier alpha value is -1.78. The van der Waals surface area contributed by atoms with E-state index in [0.717, 1.165) is 35.5 Å². The fourth-order valence-electron chi connectivity index (χ4n) is 2.80. The summed E-state index contributed by atoms with van der Waals surface area (Å²) in [5.74, 6) is -0.0304. The Kier molecular flexibility index (Phi) is 5.82. The number of rotatable bonds is 7. The smallest absolute Gasteiger partial charge is 0.348 e. The number of carbonyl (C=O) groups is 1. The SMILES string of the molecule is Cc1nnc(NC(=O)CSc2nc(=O)n(CCCO)c3c2CCC3)s1. The summed E-state index contributed by atoms with van der Waals surface area (Å²) in [6.07, 6.45) is 3.21. The zero-order chi connectivity index (χ0) is 17.8. The average Bonchev–Trinajstić information content (AvgIpc) is 3.21. The van der Waals surface area contributed by atoms with Crippen LogP contribution in [0.4, 0.5) is 5.13 Å². The molecule has 10 heteroatoms. The number of amides is 1. The van der Waals surface area contributed by atoms with Crippen molar-refractivity contribution < 1.29 is 9.90 Å². The summed E-state index contributed by atoms with van der Waals surface area (Å²) >= 11 is 2.59. The summed E-state index contributed by atoms with van der Waals surface area (Å²) in [5.41, 5.74) is 1.75. The summed E-state index contributed by atoms with van der Waals surface area (Å²) < 4.78 is 1.66. The summed E-state index contributed by atoms with van der Waals surface area (Å²) in [4.78, 5) is 28.5. The van der Waals surface area contributed by atoms with Crippen LogP contribution in [0.3, 0.4) is 0 Å². The van der Waals surface area contributed by atoms with Gasteiger partial charge in [-0.3, -0.25) is 14.7 Å². The lowest BCUT2D eigenvalue weighted by molar-refractivity contribution is -0.113.